The lowest BCUT2D eigenvalue weighted by Crippen LogP contribution is -2.69. The van der Waals surface area contributed by atoms with Crippen LogP contribution in [-0.4, -0.2) is 71.2 Å². The number of ketones is 2. The summed E-state index contributed by atoms with van der Waals surface area (Å²) in [6, 6.07) is 0.389. The van der Waals surface area contributed by atoms with Crippen LogP contribution in [0.25, 0.3) is 0 Å². The van der Waals surface area contributed by atoms with Crippen molar-refractivity contribution in [1.82, 2.24) is 4.90 Å². The van der Waals surface area contributed by atoms with Gasteiger partial charge in [0.2, 0.25) is 0 Å². The molecule has 0 bridgehead atoms. The van der Waals surface area contributed by atoms with E-state index in [4.69, 9.17) is 4.74 Å². The zero-order chi connectivity index (χ0) is 28.0. The van der Waals surface area contributed by atoms with Gasteiger partial charge in [0.15, 0.2) is 23.8 Å². The number of nitrogens with zero attached hydrogens (tertiary/aromatic N) is 1. The van der Waals surface area contributed by atoms with E-state index in [9.17, 15) is 19.5 Å². The number of likely N-dealkylation sites (tertiary alicyclic amines) is 1. The van der Waals surface area contributed by atoms with Crippen LogP contribution in [0.5, 0.6) is 0 Å². The van der Waals surface area contributed by atoms with Crippen molar-refractivity contribution in [3.05, 3.63) is 23.8 Å². The number of rotatable bonds is 4. The molecule has 6 rings (SSSR count). The second kappa shape index (κ2) is 9.04. The molecule has 9 atom stereocenters. The van der Waals surface area contributed by atoms with E-state index in [-0.39, 0.29) is 48.4 Å². The number of fused-ring (bicyclic) bond motifs is 7. The Morgan fingerprint density at radius 1 is 1.15 bits per heavy atom. The topological polar surface area (TPSA) is 83.9 Å². The zero-order valence-electron chi connectivity index (χ0n) is 23.3. The predicted octanol–water partition coefficient (Wildman–Crippen LogP) is 4.30. The molecule has 0 unspecified atom stereocenters. The first-order chi connectivity index (χ1) is 18.4. The number of aliphatic hydroxyl groups is 1. The van der Waals surface area contributed by atoms with E-state index < -0.39 is 46.1 Å². The lowest BCUT2D eigenvalue weighted by molar-refractivity contribution is -0.212. The first-order valence-corrected chi connectivity index (χ1v) is 14.8. The van der Waals surface area contributed by atoms with Crippen molar-refractivity contribution in [2.24, 2.45) is 34.0 Å². The van der Waals surface area contributed by atoms with Crippen molar-refractivity contribution >= 4 is 17.5 Å². The number of carbonyl (C=O) groups excluding carboxylic acids is 3. The maximum atomic E-state index is 17.6. The highest BCUT2D eigenvalue weighted by atomic mass is 19.1. The van der Waals surface area contributed by atoms with Crippen molar-refractivity contribution < 1.29 is 33.0 Å². The number of aliphatic hydroxyl groups excluding tert-OH is 1. The van der Waals surface area contributed by atoms with E-state index in [1.807, 2.05) is 6.92 Å². The summed E-state index contributed by atoms with van der Waals surface area (Å²) in [5.41, 5.74) is -5.19. The molecule has 1 heterocycles. The van der Waals surface area contributed by atoms with Gasteiger partial charge in [0, 0.05) is 37.4 Å². The molecule has 0 aromatic rings. The number of halogens is 2. The Morgan fingerprint density at radius 3 is 2.56 bits per heavy atom. The van der Waals surface area contributed by atoms with Gasteiger partial charge in [-0.2, -0.15) is 0 Å². The molecule has 0 amide bonds. The van der Waals surface area contributed by atoms with Crippen LogP contribution in [0.1, 0.15) is 72.1 Å². The van der Waals surface area contributed by atoms with Gasteiger partial charge in [-0.25, -0.2) is 8.78 Å². The van der Waals surface area contributed by atoms with Gasteiger partial charge in [-0.05, 0) is 74.0 Å². The van der Waals surface area contributed by atoms with Gasteiger partial charge < -0.3 is 9.84 Å². The highest BCUT2D eigenvalue weighted by Gasteiger charge is 2.78. The Kier molecular flexibility index (Phi) is 6.31. The number of Topliss-reactive ketones (excluding diaryl/α,β-unsaturated/α-hetero) is 1. The standard InChI is InChI=1S/C31H41F2NO5/c1-18(35)39-16-27(38)30-17-34(20-7-5-4-6-8-20)15-19(30)11-22-23-13-25(32)24-12-21(36)9-10-28(24,2)31(23,33)26(37)14-29(22,30)3/h9-10,12,19-20,22-23,25-26,37H,4-8,11,13-17H2,1-3H3/t19-,22-,23-,25-,26-,28-,29-,30+,31-/m0/s1. The molecule has 5 fully saturated rings. The molecule has 6 nitrogen and oxygen atoms in total. The van der Waals surface area contributed by atoms with Crippen molar-refractivity contribution in [1.29, 1.82) is 0 Å². The second-order valence-corrected chi connectivity index (χ2v) is 13.7. The van der Waals surface area contributed by atoms with Gasteiger partial charge in [-0.15, -0.1) is 0 Å². The average Bonchev–Trinajstić information content (AvgIpc) is 3.40. The van der Waals surface area contributed by atoms with Gasteiger partial charge in [-0.3, -0.25) is 19.3 Å². The molecule has 0 aromatic heterocycles. The molecule has 8 heteroatoms. The summed E-state index contributed by atoms with van der Waals surface area (Å²) in [6.07, 6.45) is 7.23. The molecule has 4 saturated carbocycles. The number of hydrogen-bond acceptors (Lipinski definition) is 6. The fraction of sp³-hybridized carbons (Fsp3) is 0.774. The molecule has 0 aromatic carbocycles. The maximum Gasteiger partial charge on any atom is 0.303 e. The van der Waals surface area contributed by atoms with Crippen molar-refractivity contribution in [3.8, 4) is 0 Å². The Balaban J connectivity index is 1.41. The molecular formula is C31H41F2NO5. The SMILES string of the molecule is CC(=O)OCC(=O)[C@@]12CN(C3CCCCC3)C[C@@H]1C[C@H]1[C@@H]3C[C@H](F)C4=CC(=O)C=C[C@]4(C)[C@@]3(F)[C@@H](O)C[C@@]12C. The minimum atomic E-state index is -2.16. The minimum absolute atomic E-state index is 0.0626. The van der Waals surface area contributed by atoms with E-state index in [0.29, 0.717) is 25.6 Å². The molecule has 1 N–H and O–H groups in total. The third-order valence-electron chi connectivity index (χ3n) is 12.2. The molecule has 39 heavy (non-hydrogen) atoms. The molecule has 0 spiro atoms. The largest absolute Gasteiger partial charge is 0.458 e. The molecule has 5 aliphatic carbocycles. The van der Waals surface area contributed by atoms with E-state index in [1.54, 1.807) is 6.92 Å². The van der Waals surface area contributed by atoms with Crippen LogP contribution in [0.3, 0.4) is 0 Å². The number of hydrogen-bond donors (Lipinski definition) is 1. The van der Waals surface area contributed by atoms with Gasteiger partial charge in [0.05, 0.1) is 11.5 Å². The lowest BCUT2D eigenvalue weighted by atomic mass is 9.43. The van der Waals surface area contributed by atoms with Crippen LogP contribution >= 0.6 is 0 Å². The maximum absolute atomic E-state index is 17.6. The van der Waals surface area contributed by atoms with Crippen molar-refractivity contribution in [2.45, 2.75) is 96.1 Å². The highest BCUT2D eigenvalue weighted by Crippen LogP contribution is 2.74. The Hall–Kier alpha value is -1.93. The third kappa shape index (κ3) is 3.52. The Bertz CT molecular complexity index is 1150. The summed E-state index contributed by atoms with van der Waals surface area (Å²) in [7, 11) is 0. The third-order valence-corrected chi connectivity index (χ3v) is 12.2. The first-order valence-electron chi connectivity index (χ1n) is 14.8. The highest BCUT2D eigenvalue weighted by molar-refractivity contribution is 6.01. The van der Waals surface area contributed by atoms with Crippen LogP contribution < -0.4 is 0 Å². The van der Waals surface area contributed by atoms with Crippen LogP contribution in [0, 0.1) is 34.0 Å². The summed E-state index contributed by atoms with van der Waals surface area (Å²) in [4.78, 5) is 40.4. The van der Waals surface area contributed by atoms with E-state index >= 15 is 8.78 Å². The molecule has 214 valence electrons. The quantitative estimate of drug-likeness (QED) is 0.531. The summed E-state index contributed by atoms with van der Waals surface area (Å²) < 4.78 is 38.6. The molecular weight excluding hydrogens is 504 g/mol. The van der Waals surface area contributed by atoms with Crippen LogP contribution in [0.4, 0.5) is 8.78 Å². The predicted molar refractivity (Wildman–Crippen MR) is 140 cm³/mol. The average molecular weight is 546 g/mol. The van der Waals surface area contributed by atoms with Gasteiger partial charge >= 0.3 is 5.97 Å². The number of alkyl halides is 2. The normalized spacial score (nSPS) is 47.6. The summed E-state index contributed by atoms with van der Waals surface area (Å²) in [5.74, 6) is -2.27. The van der Waals surface area contributed by atoms with Gasteiger partial charge in [-0.1, -0.05) is 32.3 Å². The summed E-state index contributed by atoms with van der Waals surface area (Å²) >= 11 is 0. The zero-order valence-corrected chi connectivity index (χ0v) is 23.3. The minimum Gasteiger partial charge on any atom is -0.458 e. The first kappa shape index (κ1) is 27.3. The molecule has 0 radical (unpaired) electrons. The van der Waals surface area contributed by atoms with Crippen molar-refractivity contribution in [3.63, 3.8) is 0 Å². The number of ether oxygens (including phenoxy) is 1. The van der Waals surface area contributed by atoms with E-state index in [1.165, 1.54) is 31.6 Å². The number of carbonyl (C=O) groups is 3. The van der Waals surface area contributed by atoms with E-state index in [0.717, 1.165) is 25.7 Å². The van der Waals surface area contributed by atoms with Crippen molar-refractivity contribution in [2.75, 3.05) is 19.7 Å². The fourth-order valence-corrected chi connectivity index (χ4v) is 10.3. The van der Waals surface area contributed by atoms with Crippen LogP contribution in [0.15, 0.2) is 23.8 Å². The fourth-order valence-electron chi connectivity index (χ4n) is 10.3. The smallest absolute Gasteiger partial charge is 0.303 e. The monoisotopic (exact) mass is 545 g/mol. The number of allylic oxidation sites excluding steroid dienone is 4. The summed E-state index contributed by atoms with van der Waals surface area (Å²) in [5, 5.41) is 11.7. The van der Waals surface area contributed by atoms with E-state index in [2.05, 4.69) is 4.90 Å². The van der Waals surface area contributed by atoms with Crippen LogP contribution in [0.2, 0.25) is 0 Å². The summed E-state index contributed by atoms with van der Waals surface area (Å²) in [6.45, 7) is 5.76. The molecule has 6 aliphatic rings. The second-order valence-electron chi connectivity index (χ2n) is 13.7. The van der Waals surface area contributed by atoms with Gasteiger partial charge in [0.25, 0.3) is 0 Å². The van der Waals surface area contributed by atoms with Gasteiger partial charge in [0.1, 0.15) is 6.17 Å². The molecule has 1 aliphatic heterocycles. The molecule has 1 saturated heterocycles. The lowest BCUT2D eigenvalue weighted by Gasteiger charge is -2.63. The van der Waals surface area contributed by atoms with Crippen LogP contribution in [-0.2, 0) is 19.1 Å². The number of esters is 1. The Labute approximate surface area is 229 Å². The Morgan fingerprint density at radius 2 is 1.87 bits per heavy atom.